The maximum absolute atomic E-state index is 13.3. The van der Waals surface area contributed by atoms with Gasteiger partial charge in [-0.3, -0.25) is 9.10 Å². The molecule has 0 aromatic heterocycles. The van der Waals surface area contributed by atoms with Gasteiger partial charge in [-0.1, -0.05) is 30.3 Å². The molecule has 26 heavy (non-hydrogen) atoms. The lowest BCUT2D eigenvalue weighted by Gasteiger charge is -2.24. The van der Waals surface area contributed by atoms with Crippen molar-refractivity contribution in [3.8, 4) is 0 Å². The zero-order chi connectivity index (χ0) is 18.9. The Morgan fingerprint density at radius 1 is 1.04 bits per heavy atom. The molecule has 5 nitrogen and oxygen atoms in total. The first kappa shape index (κ1) is 18.2. The molecule has 0 aliphatic carbocycles. The monoisotopic (exact) mass is 370 g/mol. The number of anilines is 1. The van der Waals surface area contributed by atoms with Crippen molar-refractivity contribution in [3.05, 3.63) is 71.4 Å². The molecule has 0 N–H and O–H groups in total. The van der Waals surface area contributed by atoms with Crippen molar-refractivity contribution in [3.63, 3.8) is 0 Å². The van der Waals surface area contributed by atoms with Crippen molar-refractivity contribution in [1.82, 2.24) is 4.90 Å². The minimum absolute atomic E-state index is 0.128. The normalized spacial score (nSPS) is 16.3. The zero-order valence-corrected chi connectivity index (χ0v) is 16.0. The number of fused-ring (bicyclic) bond motifs is 1. The number of rotatable bonds is 3. The number of Topliss-reactive ketones (excluding diaryl/α,β-unsaturated/α-hetero) is 1. The number of nitrogens with zero attached hydrogens (tertiary/aromatic N) is 2. The first-order valence-corrected chi connectivity index (χ1v) is 9.85. The lowest BCUT2D eigenvalue weighted by Crippen LogP contribution is -2.32. The van der Waals surface area contributed by atoms with Crippen LogP contribution in [0.25, 0.3) is 0 Å². The van der Waals surface area contributed by atoms with Crippen LogP contribution in [0.15, 0.2) is 65.2 Å². The van der Waals surface area contributed by atoms with Gasteiger partial charge in [0.25, 0.3) is 10.0 Å². The molecule has 0 saturated carbocycles. The first-order valence-electron chi connectivity index (χ1n) is 8.41. The van der Waals surface area contributed by atoms with E-state index in [1.165, 1.54) is 4.31 Å². The van der Waals surface area contributed by atoms with Crippen LogP contribution < -0.4 is 4.31 Å². The van der Waals surface area contributed by atoms with Gasteiger partial charge in [0.1, 0.15) is 0 Å². The fraction of sp³-hybridized carbons (Fsp3) is 0.250. The van der Waals surface area contributed by atoms with E-state index in [9.17, 15) is 13.2 Å². The number of sulfonamides is 1. The molecule has 0 spiro atoms. The van der Waals surface area contributed by atoms with E-state index < -0.39 is 10.0 Å². The summed E-state index contributed by atoms with van der Waals surface area (Å²) in [6.07, 6.45) is 2.12. The zero-order valence-electron chi connectivity index (χ0n) is 15.1. The van der Waals surface area contributed by atoms with Gasteiger partial charge in [-0.25, -0.2) is 8.42 Å². The molecule has 2 aromatic rings. The van der Waals surface area contributed by atoms with Crippen LogP contribution in [-0.4, -0.2) is 39.7 Å². The van der Waals surface area contributed by atoms with Gasteiger partial charge in [0.05, 0.1) is 10.6 Å². The van der Waals surface area contributed by atoms with E-state index in [0.717, 1.165) is 0 Å². The molecule has 6 heteroatoms. The smallest absolute Gasteiger partial charge is 0.264 e. The average Bonchev–Trinajstić information content (AvgIpc) is 2.73. The van der Waals surface area contributed by atoms with E-state index >= 15 is 0 Å². The van der Waals surface area contributed by atoms with Crippen LogP contribution in [0, 0.1) is 6.92 Å². The van der Waals surface area contributed by atoms with Crippen LogP contribution in [-0.2, 0) is 10.0 Å². The van der Waals surface area contributed by atoms with Crippen molar-refractivity contribution >= 4 is 21.5 Å². The third-order valence-electron chi connectivity index (χ3n) is 4.37. The van der Waals surface area contributed by atoms with Gasteiger partial charge in [-0.15, -0.1) is 0 Å². The van der Waals surface area contributed by atoms with E-state index in [1.807, 2.05) is 20.2 Å². The van der Waals surface area contributed by atoms with Gasteiger partial charge in [0.15, 0.2) is 5.78 Å². The minimum Gasteiger partial charge on any atom is -0.383 e. The summed E-state index contributed by atoms with van der Waals surface area (Å²) in [6.45, 7) is 2.00. The molecule has 0 saturated heterocycles. The second kappa shape index (κ2) is 6.96. The Balaban J connectivity index is 2.17. The van der Waals surface area contributed by atoms with Crippen LogP contribution in [0.2, 0.25) is 0 Å². The second-order valence-corrected chi connectivity index (χ2v) is 8.39. The van der Waals surface area contributed by atoms with Crippen LogP contribution in [0.1, 0.15) is 22.3 Å². The Morgan fingerprint density at radius 2 is 1.69 bits per heavy atom. The molecular weight excluding hydrogens is 348 g/mol. The SMILES string of the molecule is Cc1ccccc1S(=O)(=O)N1CC/C(=C\N(C)C)C(=O)c2ccccc21. The molecule has 1 heterocycles. The van der Waals surface area contributed by atoms with Gasteiger partial charge in [0, 0.05) is 38.0 Å². The fourth-order valence-corrected chi connectivity index (χ4v) is 4.87. The van der Waals surface area contributed by atoms with Gasteiger partial charge in [-0.05, 0) is 37.1 Å². The van der Waals surface area contributed by atoms with E-state index in [4.69, 9.17) is 0 Å². The van der Waals surface area contributed by atoms with E-state index in [-0.39, 0.29) is 17.2 Å². The van der Waals surface area contributed by atoms with Crippen molar-refractivity contribution < 1.29 is 13.2 Å². The predicted octanol–water partition coefficient (Wildman–Crippen LogP) is 3.22. The topological polar surface area (TPSA) is 57.7 Å². The molecule has 0 fully saturated rings. The van der Waals surface area contributed by atoms with Crippen LogP contribution in [0.4, 0.5) is 5.69 Å². The molecule has 0 radical (unpaired) electrons. The Morgan fingerprint density at radius 3 is 2.38 bits per heavy atom. The quantitative estimate of drug-likeness (QED) is 0.779. The average molecular weight is 370 g/mol. The van der Waals surface area contributed by atoms with Gasteiger partial charge >= 0.3 is 0 Å². The van der Waals surface area contributed by atoms with Crippen molar-refractivity contribution in [2.75, 3.05) is 24.9 Å². The Kier molecular flexibility index (Phi) is 4.87. The molecule has 2 aromatic carbocycles. The lowest BCUT2D eigenvalue weighted by molar-refractivity contribution is 0.103. The van der Waals surface area contributed by atoms with E-state index in [0.29, 0.717) is 28.8 Å². The highest BCUT2D eigenvalue weighted by Gasteiger charge is 2.32. The van der Waals surface area contributed by atoms with Crippen LogP contribution in [0.5, 0.6) is 0 Å². The number of benzene rings is 2. The molecule has 3 rings (SSSR count). The maximum Gasteiger partial charge on any atom is 0.264 e. The van der Waals surface area contributed by atoms with E-state index in [1.54, 1.807) is 60.5 Å². The third kappa shape index (κ3) is 3.24. The number of carbonyl (C=O) groups is 1. The Bertz CT molecular complexity index is 978. The summed E-state index contributed by atoms with van der Waals surface area (Å²) in [5.74, 6) is -0.128. The third-order valence-corrected chi connectivity index (χ3v) is 6.34. The molecular formula is C20H22N2O3S. The van der Waals surface area contributed by atoms with Crippen LogP contribution >= 0.6 is 0 Å². The maximum atomic E-state index is 13.3. The van der Waals surface area contributed by atoms with Crippen LogP contribution in [0.3, 0.4) is 0 Å². The fourth-order valence-electron chi connectivity index (χ4n) is 3.16. The molecule has 0 bridgehead atoms. The summed E-state index contributed by atoms with van der Waals surface area (Å²) in [7, 11) is -0.0722. The largest absolute Gasteiger partial charge is 0.383 e. The lowest BCUT2D eigenvalue weighted by atomic mass is 10.0. The first-order chi connectivity index (χ1) is 12.3. The summed E-state index contributed by atoms with van der Waals surface area (Å²) in [6, 6.07) is 13.8. The number of aryl methyl sites for hydroxylation is 1. The highest BCUT2D eigenvalue weighted by molar-refractivity contribution is 7.92. The second-order valence-electron chi connectivity index (χ2n) is 6.56. The van der Waals surface area contributed by atoms with Crippen molar-refractivity contribution in [1.29, 1.82) is 0 Å². The molecule has 136 valence electrons. The molecule has 1 aliphatic heterocycles. The van der Waals surface area contributed by atoms with Crippen molar-refractivity contribution in [2.45, 2.75) is 18.2 Å². The summed E-state index contributed by atoms with van der Waals surface area (Å²) in [4.78, 5) is 15.0. The number of hydrogen-bond donors (Lipinski definition) is 0. The standard InChI is InChI=1S/C20H22N2O3S/c1-15-8-4-7-11-19(15)26(24,25)22-13-12-16(14-21(2)3)20(23)17-9-5-6-10-18(17)22/h4-11,14H,12-13H2,1-3H3/b16-14+. The molecule has 0 atom stereocenters. The number of carbonyl (C=O) groups excluding carboxylic acids is 1. The van der Waals surface area contributed by atoms with Gasteiger partial charge < -0.3 is 4.90 Å². The van der Waals surface area contributed by atoms with Crippen molar-refractivity contribution in [2.24, 2.45) is 0 Å². The Hall–Kier alpha value is -2.60. The Labute approximate surface area is 154 Å². The molecule has 0 amide bonds. The summed E-state index contributed by atoms with van der Waals surface area (Å²) in [5.41, 5.74) is 2.13. The predicted molar refractivity (Wildman–Crippen MR) is 103 cm³/mol. The molecule has 1 aliphatic rings. The molecule has 0 unspecified atom stereocenters. The van der Waals surface area contributed by atoms with E-state index in [2.05, 4.69) is 0 Å². The summed E-state index contributed by atoms with van der Waals surface area (Å²) >= 11 is 0. The highest BCUT2D eigenvalue weighted by Crippen LogP contribution is 2.33. The summed E-state index contributed by atoms with van der Waals surface area (Å²) in [5, 5.41) is 0. The number of ketones is 1. The number of para-hydroxylation sites is 1. The van der Waals surface area contributed by atoms with Gasteiger partial charge in [-0.2, -0.15) is 0 Å². The van der Waals surface area contributed by atoms with Gasteiger partial charge in [0.2, 0.25) is 0 Å². The summed E-state index contributed by atoms with van der Waals surface area (Å²) < 4.78 is 28.0. The highest BCUT2D eigenvalue weighted by atomic mass is 32.2. The number of hydrogen-bond acceptors (Lipinski definition) is 4. The minimum atomic E-state index is -3.76.